The van der Waals surface area contributed by atoms with Crippen molar-refractivity contribution in [2.75, 3.05) is 0 Å². The fraction of sp³-hybridized carbons (Fsp3) is 0.0714. The van der Waals surface area contributed by atoms with Gasteiger partial charge in [0, 0.05) is 13.8 Å². The Morgan fingerprint density at radius 1 is 1.11 bits per heavy atom. The minimum atomic E-state index is -0.370. The summed E-state index contributed by atoms with van der Waals surface area (Å²) in [4.78, 5) is 12.7. The number of benzene rings is 2. The predicted octanol–water partition coefficient (Wildman–Crippen LogP) is 4.86. The van der Waals surface area contributed by atoms with Crippen LogP contribution >= 0.6 is 44.5 Å². The predicted molar refractivity (Wildman–Crippen MR) is 84.7 cm³/mol. The molecule has 2 aromatic rings. The molecule has 2 rings (SSSR count). The van der Waals surface area contributed by atoms with Crippen molar-refractivity contribution in [2.45, 2.75) is 11.5 Å². The molecular formula is C14H10Br2O2S. The van der Waals surface area contributed by atoms with Gasteiger partial charge < -0.3 is 4.74 Å². The number of thiol groups is 1. The van der Waals surface area contributed by atoms with Crippen molar-refractivity contribution in [2.24, 2.45) is 0 Å². The summed E-state index contributed by atoms with van der Waals surface area (Å²) < 4.78 is 6.97. The number of carbonyl (C=O) groups excluding carboxylic acids is 1. The molecule has 0 spiro atoms. The van der Waals surface area contributed by atoms with E-state index in [2.05, 4.69) is 44.5 Å². The molecule has 5 heteroatoms. The Morgan fingerprint density at radius 2 is 1.79 bits per heavy atom. The van der Waals surface area contributed by atoms with Gasteiger partial charge in [0.15, 0.2) is 0 Å². The van der Waals surface area contributed by atoms with Gasteiger partial charge in [-0.2, -0.15) is 0 Å². The minimum absolute atomic E-state index is 0.245. The normalized spacial score (nSPS) is 10.3. The maximum Gasteiger partial charge on any atom is 0.339 e. The van der Waals surface area contributed by atoms with E-state index in [4.69, 9.17) is 4.74 Å². The zero-order chi connectivity index (χ0) is 13.8. The topological polar surface area (TPSA) is 26.3 Å². The Bertz CT molecular complexity index is 597. The average molecular weight is 402 g/mol. The van der Waals surface area contributed by atoms with Crippen LogP contribution in [-0.4, -0.2) is 5.97 Å². The van der Waals surface area contributed by atoms with Gasteiger partial charge in [0.2, 0.25) is 0 Å². The first kappa shape index (κ1) is 14.6. The van der Waals surface area contributed by atoms with Crippen molar-refractivity contribution in [3.05, 3.63) is 62.5 Å². The van der Waals surface area contributed by atoms with Crippen LogP contribution in [0.25, 0.3) is 0 Å². The number of hydrogen-bond donors (Lipinski definition) is 1. The number of halogens is 2. The van der Waals surface area contributed by atoms with E-state index in [0.717, 1.165) is 14.9 Å². The van der Waals surface area contributed by atoms with Crippen LogP contribution in [0.15, 0.2) is 56.3 Å². The SMILES string of the molecule is O=C(OCc1ccc(Br)cc1)c1cc(S)ccc1Br. The van der Waals surface area contributed by atoms with E-state index >= 15 is 0 Å². The molecule has 0 saturated carbocycles. The van der Waals surface area contributed by atoms with Crippen molar-refractivity contribution >= 4 is 50.5 Å². The molecule has 0 radical (unpaired) electrons. The molecule has 0 atom stereocenters. The monoisotopic (exact) mass is 400 g/mol. The van der Waals surface area contributed by atoms with Gasteiger partial charge in [-0.05, 0) is 51.8 Å². The van der Waals surface area contributed by atoms with Gasteiger partial charge in [-0.25, -0.2) is 4.79 Å². The number of esters is 1. The zero-order valence-corrected chi connectivity index (χ0v) is 13.8. The summed E-state index contributed by atoms with van der Waals surface area (Å²) in [6.07, 6.45) is 0. The van der Waals surface area contributed by atoms with E-state index in [-0.39, 0.29) is 12.6 Å². The number of hydrogen-bond acceptors (Lipinski definition) is 3. The lowest BCUT2D eigenvalue weighted by atomic mass is 10.2. The van der Waals surface area contributed by atoms with Crippen LogP contribution in [0.3, 0.4) is 0 Å². The second-order valence-electron chi connectivity index (χ2n) is 3.87. The highest BCUT2D eigenvalue weighted by atomic mass is 79.9. The van der Waals surface area contributed by atoms with Crippen molar-refractivity contribution in [1.82, 2.24) is 0 Å². The van der Waals surface area contributed by atoms with Crippen LogP contribution < -0.4 is 0 Å². The van der Waals surface area contributed by atoms with Crippen molar-refractivity contribution in [1.29, 1.82) is 0 Å². The van der Waals surface area contributed by atoms with Crippen LogP contribution in [0.2, 0.25) is 0 Å². The zero-order valence-electron chi connectivity index (χ0n) is 9.77. The average Bonchev–Trinajstić information content (AvgIpc) is 2.40. The van der Waals surface area contributed by atoms with Gasteiger partial charge in [0.05, 0.1) is 5.56 Å². The van der Waals surface area contributed by atoms with E-state index in [1.807, 2.05) is 24.3 Å². The second-order valence-corrected chi connectivity index (χ2v) is 6.15. The smallest absolute Gasteiger partial charge is 0.339 e. The molecule has 0 bridgehead atoms. The Kier molecular flexibility index (Phi) is 5.07. The maximum absolute atomic E-state index is 12.0. The molecule has 0 aromatic heterocycles. The maximum atomic E-state index is 12.0. The quantitative estimate of drug-likeness (QED) is 0.587. The molecule has 98 valence electrons. The third-order valence-electron chi connectivity index (χ3n) is 2.45. The Balaban J connectivity index is 2.05. The lowest BCUT2D eigenvalue weighted by molar-refractivity contribution is 0.0471. The molecule has 0 heterocycles. The molecule has 19 heavy (non-hydrogen) atoms. The van der Waals surface area contributed by atoms with Crippen molar-refractivity contribution in [3.8, 4) is 0 Å². The third kappa shape index (κ3) is 4.09. The number of carbonyl (C=O) groups is 1. The van der Waals surface area contributed by atoms with Gasteiger partial charge >= 0.3 is 5.97 Å². The van der Waals surface area contributed by atoms with Crippen LogP contribution in [0.4, 0.5) is 0 Å². The molecule has 0 aliphatic carbocycles. The summed E-state index contributed by atoms with van der Waals surface area (Å²) in [6, 6.07) is 12.9. The summed E-state index contributed by atoms with van der Waals surface area (Å²) in [6.45, 7) is 0.245. The van der Waals surface area contributed by atoms with Crippen LogP contribution in [0.1, 0.15) is 15.9 Å². The largest absolute Gasteiger partial charge is 0.457 e. The van der Waals surface area contributed by atoms with E-state index < -0.39 is 0 Å². The first-order valence-electron chi connectivity index (χ1n) is 5.46. The van der Waals surface area contributed by atoms with E-state index in [9.17, 15) is 4.79 Å². The van der Waals surface area contributed by atoms with Crippen LogP contribution in [-0.2, 0) is 11.3 Å². The van der Waals surface area contributed by atoms with Crippen molar-refractivity contribution < 1.29 is 9.53 Å². The lowest BCUT2D eigenvalue weighted by Gasteiger charge is -2.07. The van der Waals surface area contributed by atoms with Gasteiger partial charge in [0.1, 0.15) is 6.61 Å². The van der Waals surface area contributed by atoms with E-state index in [1.165, 1.54) is 0 Å². The summed E-state index contributed by atoms with van der Waals surface area (Å²) in [5.41, 5.74) is 1.42. The molecule has 2 aromatic carbocycles. The molecule has 0 N–H and O–H groups in total. The Hall–Kier alpha value is -0.780. The van der Waals surface area contributed by atoms with Gasteiger partial charge in [-0.3, -0.25) is 0 Å². The minimum Gasteiger partial charge on any atom is -0.457 e. The molecule has 0 saturated heterocycles. The fourth-order valence-electron chi connectivity index (χ4n) is 1.48. The van der Waals surface area contributed by atoms with E-state index in [0.29, 0.717) is 10.0 Å². The Morgan fingerprint density at radius 3 is 2.47 bits per heavy atom. The first-order valence-corrected chi connectivity index (χ1v) is 7.49. The van der Waals surface area contributed by atoms with Crippen LogP contribution in [0, 0.1) is 0 Å². The van der Waals surface area contributed by atoms with Gasteiger partial charge in [-0.15, -0.1) is 12.6 Å². The first-order chi connectivity index (χ1) is 9.06. The highest BCUT2D eigenvalue weighted by Crippen LogP contribution is 2.21. The number of ether oxygens (including phenoxy) is 1. The summed E-state index contributed by atoms with van der Waals surface area (Å²) >= 11 is 10.9. The molecular weight excluding hydrogens is 392 g/mol. The summed E-state index contributed by atoms with van der Waals surface area (Å²) in [5, 5.41) is 0. The Labute approximate surface area is 133 Å². The second kappa shape index (κ2) is 6.59. The molecule has 0 unspecified atom stereocenters. The van der Waals surface area contributed by atoms with Gasteiger partial charge in [0.25, 0.3) is 0 Å². The summed E-state index contributed by atoms with van der Waals surface area (Å²) in [5.74, 6) is -0.370. The molecule has 2 nitrogen and oxygen atoms in total. The molecule has 0 fully saturated rings. The fourth-order valence-corrected chi connectivity index (χ4v) is 2.35. The van der Waals surface area contributed by atoms with Crippen LogP contribution in [0.5, 0.6) is 0 Å². The molecule has 0 aliphatic rings. The highest BCUT2D eigenvalue weighted by Gasteiger charge is 2.12. The van der Waals surface area contributed by atoms with Gasteiger partial charge in [-0.1, -0.05) is 28.1 Å². The van der Waals surface area contributed by atoms with E-state index in [1.54, 1.807) is 18.2 Å². The standard InChI is InChI=1S/C14H10Br2O2S/c15-10-3-1-9(2-4-10)8-18-14(17)12-7-11(19)5-6-13(12)16/h1-7,19H,8H2. The lowest BCUT2D eigenvalue weighted by Crippen LogP contribution is -2.06. The third-order valence-corrected chi connectivity index (χ3v) is 3.95. The highest BCUT2D eigenvalue weighted by molar-refractivity contribution is 9.10. The number of rotatable bonds is 3. The summed E-state index contributed by atoms with van der Waals surface area (Å²) in [7, 11) is 0. The molecule has 0 aliphatic heterocycles. The van der Waals surface area contributed by atoms with Crippen molar-refractivity contribution in [3.63, 3.8) is 0 Å². The molecule has 0 amide bonds.